The highest BCUT2D eigenvalue weighted by Crippen LogP contribution is 2.28. The van der Waals surface area contributed by atoms with Crippen LogP contribution in [0.25, 0.3) is 10.9 Å². The van der Waals surface area contributed by atoms with Crippen LogP contribution < -0.4 is 10.2 Å². The highest BCUT2D eigenvalue weighted by molar-refractivity contribution is 5.90. The first-order chi connectivity index (χ1) is 15.3. The Bertz CT molecular complexity index is 991. The molecule has 5 nitrogen and oxygen atoms in total. The highest BCUT2D eigenvalue weighted by atomic mass is 15.3. The first-order valence-electron chi connectivity index (χ1n) is 11.9. The predicted octanol–water partition coefficient (Wildman–Crippen LogP) is 5.26. The molecular formula is C26H33N5. The van der Waals surface area contributed by atoms with Gasteiger partial charge in [0.25, 0.3) is 0 Å². The quantitative estimate of drug-likeness (QED) is 0.616. The summed E-state index contributed by atoms with van der Waals surface area (Å²) in [6.45, 7) is 6.42. The number of hydrogen-bond acceptors (Lipinski definition) is 5. The van der Waals surface area contributed by atoms with E-state index in [1.54, 1.807) is 0 Å². The van der Waals surface area contributed by atoms with Crippen molar-refractivity contribution in [2.75, 3.05) is 36.4 Å². The van der Waals surface area contributed by atoms with Crippen molar-refractivity contribution < 1.29 is 0 Å². The standard InChI is InChI=1S/C26H33N5/c1-20(21-10-4-2-5-11-21)27-25-23-14-8-9-15-24(23)28-26(29-25)31-18-16-30(17-19-31)22-12-6-3-7-13-22/h2,4-5,8-11,14-15,20,22H,3,6-7,12-13,16-19H2,1H3,(H,27,28,29). The van der Waals surface area contributed by atoms with Crippen LogP contribution >= 0.6 is 0 Å². The minimum Gasteiger partial charge on any atom is -0.363 e. The summed E-state index contributed by atoms with van der Waals surface area (Å²) in [5.74, 6) is 1.77. The van der Waals surface area contributed by atoms with Crippen molar-refractivity contribution in [3.05, 3.63) is 60.2 Å². The lowest BCUT2D eigenvalue weighted by molar-refractivity contribution is 0.147. The van der Waals surface area contributed by atoms with E-state index in [1.807, 2.05) is 0 Å². The van der Waals surface area contributed by atoms with Crippen molar-refractivity contribution in [2.45, 2.75) is 51.1 Å². The number of benzene rings is 2. The third-order valence-corrected chi connectivity index (χ3v) is 6.93. The van der Waals surface area contributed by atoms with Gasteiger partial charge in [-0.25, -0.2) is 4.98 Å². The summed E-state index contributed by atoms with van der Waals surface area (Å²) in [4.78, 5) is 15.0. The van der Waals surface area contributed by atoms with Gasteiger partial charge >= 0.3 is 0 Å². The second-order valence-electron chi connectivity index (χ2n) is 8.98. The number of hydrogen-bond donors (Lipinski definition) is 1. The Labute approximate surface area is 185 Å². The average molecular weight is 416 g/mol. The van der Waals surface area contributed by atoms with Gasteiger partial charge in [-0.2, -0.15) is 4.98 Å². The van der Waals surface area contributed by atoms with E-state index in [0.717, 1.165) is 54.9 Å². The molecule has 31 heavy (non-hydrogen) atoms. The van der Waals surface area contributed by atoms with E-state index in [2.05, 4.69) is 76.6 Å². The van der Waals surface area contributed by atoms with Crippen molar-refractivity contribution in [1.82, 2.24) is 14.9 Å². The third-order valence-electron chi connectivity index (χ3n) is 6.93. The lowest BCUT2D eigenvalue weighted by Gasteiger charge is -2.40. The van der Waals surface area contributed by atoms with Crippen LogP contribution in [-0.4, -0.2) is 47.1 Å². The molecule has 2 fully saturated rings. The number of anilines is 2. The molecule has 5 heteroatoms. The number of rotatable bonds is 5. The van der Waals surface area contributed by atoms with Gasteiger partial charge in [-0.15, -0.1) is 0 Å². The lowest BCUT2D eigenvalue weighted by atomic mass is 9.94. The molecule has 5 rings (SSSR count). The zero-order valence-corrected chi connectivity index (χ0v) is 18.5. The van der Waals surface area contributed by atoms with Crippen LogP contribution in [0.2, 0.25) is 0 Å². The van der Waals surface area contributed by atoms with Gasteiger partial charge in [0.15, 0.2) is 0 Å². The van der Waals surface area contributed by atoms with Gasteiger partial charge in [0.1, 0.15) is 5.82 Å². The number of nitrogens with zero attached hydrogens (tertiary/aromatic N) is 4. The third kappa shape index (κ3) is 4.52. The Morgan fingerprint density at radius 1 is 0.839 bits per heavy atom. The van der Waals surface area contributed by atoms with Gasteiger partial charge < -0.3 is 10.2 Å². The normalized spacial score (nSPS) is 19.5. The van der Waals surface area contributed by atoms with E-state index in [0.29, 0.717) is 0 Å². The molecule has 1 saturated heterocycles. The summed E-state index contributed by atoms with van der Waals surface area (Å²) in [6.07, 6.45) is 6.95. The summed E-state index contributed by atoms with van der Waals surface area (Å²) in [6, 6.07) is 19.8. The molecular weight excluding hydrogens is 382 g/mol. The molecule has 0 bridgehead atoms. The molecule has 1 atom stereocenters. The fourth-order valence-corrected chi connectivity index (χ4v) is 5.08. The molecule has 0 amide bonds. The second kappa shape index (κ2) is 9.23. The van der Waals surface area contributed by atoms with Crippen LogP contribution in [0.5, 0.6) is 0 Å². The molecule has 3 aromatic rings. The van der Waals surface area contributed by atoms with E-state index in [9.17, 15) is 0 Å². The molecule has 0 radical (unpaired) electrons. The molecule has 1 saturated carbocycles. The van der Waals surface area contributed by atoms with Gasteiger partial charge in [-0.3, -0.25) is 4.90 Å². The average Bonchev–Trinajstić information content (AvgIpc) is 2.85. The van der Waals surface area contributed by atoms with E-state index < -0.39 is 0 Å². The van der Waals surface area contributed by atoms with Crippen molar-refractivity contribution in [1.29, 1.82) is 0 Å². The Kier molecular flexibility index (Phi) is 6.03. The molecule has 1 N–H and O–H groups in total. The van der Waals surface area contributed by atoms with Gasteiger partial charge in [0.2, 0.25) is 5.95 Å². The Balaban J connectivity index is 1.36. The molecule has 2 aliphatic rings. The summed E-state index contributed by atoms with van der Waals surface area (Å²) in [5.41, 5.74) is 2.26. The zero-order chi connectivity index (χ0) is 21.0. The Hall–Kier alpha value is -2.66. The first kappa shape index (κ1) is 20.3. The predicted molar refractivity (Wildman–Crippen MR) is 129 cm³/mol. The Morgan fingerprint density at radius 2 is 1.55 bits per heavy atom. The van der Waals surface area contributed by atoms with Crippen LogP contribution in [0.1, 0.15) is 50.6 Å². The van der Waals surface area contributed by atoms with Crippen LogP contribution in [0.4, 0.5) is 11.8 Å². The number of aromatic nitrogens is 2. The number of para-hydroxylation sites is 1. The van der Waals surface area contributed by atoms with E-state index in [-0.39, 0.29) is 6.04 Å². The maximum atomic E-state index is 5.01. The summed E-state index contributed by atoms with van der Waals surface area (Å²) in [5, 5.41) is 4.73. The molecule has 162 valence electrons. The zero-order valence-electron chi connectivity index (χ0n) is 18.5. The van der Waals surface area contributed by atoms with Gasteiger partial charge in [0, 0.05) is 43.6 Å². The second-order valence-corrected chi connectivity index (χ2v) is 8.98. The SMILES string of the molecule is CC(Nc1nc(N2CCN(C3CCCCC3)CC2)nc2ccccc12)c1ccccc1. The topological polar surface area (TPSA) is 44.3 Å². The maximum absolute atomic E-state index is 5.01. The molecule has 0 spiro atoms. The molecule has 1 unspecified atom stereocenters. The number of nitrogens with one attached hydrogen (secondary N) is 1. The van der Waals surface area contributed by atoms with Crippen LogP contribution in [0, 0.1) is 0 Å². The smallest absolute Gasteiger partial charge is 0.227 e. The van der Waals surface area contributed by atoms with Gasteiger partial charge in [-0.05, 0) is 37.5 Å². The summed E-state index contributed by atoms with van der Waals surface area (Å²) < 4.78 is 0. The van der Waals surface area contributed by atoms with Crippen LogP contribution in [0.15, 0.2) is 54.6 Å². The van der Waals surface area contributed by atoms with Gasteiger partial charge in [0.05, 0.1) is 5.52 Å². The molecule has 1 aromatic heterocycles. The van der Waals surface area contributed by atoms with Crippen molar-refractivity contribution in [2.24, 2.45) is 0 Å². The fraction of sp³-hybridized carbons (Fsp3) is 0.462. The van der Waals surface area contributed by atoms with E-state index in [1.165, 1.54) is 37.7 Å². The maximum Gasteiger partial charge on any atom is 0.227 e. The van der Waals surface area contributed by atoms with Crippen molar-refractivity contribution >= 4 is 22.7 Å². The Morgan fingerprint density at radius 3 is 2.32 bits per heavy atom. The summed E-state index contributed by atoms with van der Waals surface area (Å²) in [7, 11) is 0. The van der Waals surface area contributed by atoms with E-state index in [4.69, 9.17) is 9.97 Å². The molecule has 1 aliphatic heterocycles. The minimum atomic E-state index is 0.176. The molecule has 2 aromatic carbocycles. The van der Waals surface area contributed by atoms with Crippen molar-refractivity contribution in [3.8, 4) is 0 Å². The minimum absolute atomic E-state index is 0.176. The number of fused-ring (bicyclic) bond motifs is 1. The monoisotopic (exact) mass is 415 g/mol. The number of piperazine rings is 1. The first-order valence-corrected chi connectivity index (χ1v) is 11.9. The van der Waals surface area contributed by atoms with Crippen LogP contribution in [0.3, 0.4) is 0 Å². The highest BCUT2D eigenvalue weighted by Gasteiger charge is 2.26. The van der Waals surface area contributed by atoms with Gasteiger partial charge in [-0.1, -0.05) is 61.7 Å². The fourth-order valence-electron chi connectivity index (χ4n) is 5.08. The lowest BCUT2D eigenvalue weighted by Crippen LogP contribution is -2.51. The van der Waals surface area contributed by atoms with E-state index >= 15 is 0 Å². The molecule has 1 aliphatic carbocycles. The largest absolute Gasteiger partial charge is 0.363 e. The van der Waals surface area contributed by atoms with Crippen molar-refractivity contribution in [3.63, 3.8) is 0 Å². The van der Waals surface area contributed by atoms with Crippen LogP contribution in [-0.2, 0) is 0 Å². The molecule has 2 heterocycles. The summed E-state index contributed by atoms with van der Waals surface area (Å²) >= 11 is 0.